The van der Waals surface area contributed by atoms with Crippen molar-refractivity contribution in [1.82, 2.24) is 4.31 Å². The summed E-state index contributed by atoms with van der Waals surface area (Å²) in [5.74, 6) is 0. The van der Waals surface area contributed by atoms with Crippen molar-refractivity contribution < 1.29 is 9.90 Å². The van der Waals surface area contributed by atoms with Gasteiger partial charge >= 0.3 is 6.09 Å². The Morgan fingerprint density at radius 2 is 2.43 bits per heavy atom. The lowest BCUT2D eigenvalue weighted by molar-refractivity contribution is 0.181. The molecule has 0 radical (unpaired) electrons. The second-order valence-electron chi connectivity index (χ2n) is 0.849. The molecule has 0 heterocycles. The first-order valence-corrected chi connectivity index (χ1v) is 3.04. The lowest BCUT2D eigenvalue weighted by Gasteiger charge is -2.02. The molecule has 0 fully saturated rings. The Balaban J connectivity index is 3.34. The van der Waals surface area contributed by atoms with Crippen LogP contribution in [0.1, 0.15) is 0 Å². The Morgan fingerprint density at radius 3 is 2.43 bits per heavy atom. The molecule has 0 aliphatic rings. The molecule has 0 atom stereocenters. The van der Waals surface area contributed by atoms with E-state index < -0.39 is 6.09 Å². The predicted octanol–water partition coefficient (Wildman–Crippen LogP) is 1.40. The minimum Gasteiger partial charge on any atom is -0.464 e. The van der Waals surface area contributed by atoms with Gasteiger partial charge in [-0.3, -0.25) is 0 Å². The summed E-state index contributed by atoms with van der Waals surface area (Å²) in [4.78, 5) is 9.75. The number of hydrogen-bond acceptors (Lipinski definition) is 2. The average molecular weight is 142 g/mol. The van der Waals surface area contributed by atoms with Crippen molar-refractivity contribution in [1.29, 1.82) is 0 Å². The molecule has 1 N–H and O–H groups in total. The SMILES string of the molecule is CN(SCl)C(=O)O. The average Bonchev–Trinajstić information content (AvgIpc) is 1.65. The molecule has 5 heteroatoms. The van der Waals surface area contributed by atoms with Crippen LogP contribution in [0.4, 0.5) is 4.79 Å². The summed E-state index contributed by atoms with van der Waals surface area (Å²) in [5.41, 5.74) is 0. The van der Waals surface area contributed by atoms with E-state index in [4.69, 9.17) is 15.8 Å². The zero-order valence-corrected chi connectivity index (χ0v) is 5.16. The van der Waals surface area contributed by atoms with Crippen molar-refractivity contribution in [3.8, 4) is 0 Å². The van der Waals surface area contributed by atoms with Crippen LogP contribution in [-0.4, -0.2) is 22.6 Å². The van der Waals surface area contributed by atoms with E-state index in [1.807, 2.05) is 0 Å². The van der Waals surface area contributed by atoms with Gasteiger partial charge in [-0.05, 0) is 10.7 Å². The van der Waals surface area contributed by atoms with Gasteiger partial charge < -0.3 is 5.11 Å². The molecule has 0 aromatic carbocycles. The van der Waals surface area contributed by atoms with Gasteiger partial charge in [0.05, 0.1) is 11.2 Å². The van der Waals surface area contributed by atoms with Crippen molar-refractivity contribution in [2.45, 2.75) is 0 Å². The fourth-order valence-corrected chi connectivity index (χ4v) is 0.266. The zero-order chi connectivity index (χ0) is 5.86. The normalized spacial score (nSPS) is 8.29. The van der Waals surface area contributed by atoms with Crippen LogP contribution in [0.25, 0.3) is 0 Å². The lowest BCUT2D eigenvalue weighted by Crippen LogP contribution is -2.14. The van der Waals surface area contributed by atoms with Gasteiger partial charge in [-0.1, -0.05) is 0 Å². The number of amides is 1. The van der Waals surface area contributed by atoms with E-state index in [0.29, 0.717) is 11.2 Å². The summed E-state index contributed by atoms with van der Waals surface area (Å²) in [7, 11) is 6.37. The second kappa shape index (κ2) is 2.98. The summed E-state index contributed by atoms with van der Waals surface area (Å²) >= 11 is 0.639. The van der Waals surface area contributed by atoms with Crippen molar-refractivity contribution in [3.05, 3.63) is 0 Å². The quantitative estimate of drug-likeness (QED) is 0.562. The highest BCUT2D eigenvalue weighted by molar-refractivity contribution is 8.19. The van der Waals surface area contributed by atoms with Crippen LogP contribution in [0.15, 0.2) is 0 Å². The lowest BCUT2D eigenvalue weighted by atomic mass is 11.1. The standard InChI is InChI=1S/C2H4ClNO2S/c1-4(7-3)2(5)6/h1H3,(H,5,6). The van der Waals surface area contributed by atoms with Gasteiger partial charge in [0.25, 0.3) is 0 Å². The molecule has 0 rings (SSSR count). The van der Waals surface area contributed by atoms with E-state index >= 15 is 0 Å². The number of rotatable bonds is 1. The third-order valence-electron chi connectivity index (χ3n) is 0.373. The minimum atomic E-state index is -1.04. The molecule has 3 nitrogen and oxygen atoms in total. The molecule has 0 saturated carbocycles. The Bertz CT molecular complexity index is 78.1. The maximum absolute atomic E-state index is 9.75. The summed E-state index contributed by atoms with van der Waals surface area (Å²) in [5, 5.41) is 8.00. The zero-order valence-electron chi connectivity index (χ0n) is 3.59. The van der Waals surface area contributed by atoms with E-state index in [2.05, 4.69) is 0 Å². The largest absolute Gasteiger partial charge is 0.464 e. The molecule has 0 saturated heterocycles. The van der Waals surface area contributed by atoms with Gasteiger partial charge in [0.2, 0.25) is 0 Å². The van der Waals surface area contributed by atoms with Crippen molar-refractivity contribution in [2.75, 3.05) is 7.05 Å². The first-order valence-electron chi connectivity index (χ1n) is 1.44. The molecule has 0 aliphatic carbocycles. The molecule has 0 bridgehead atoms. The number of carbonyl (C=O) groups is 1. The molecule has 0 aliphatic heterocycles. The fraction of sp³-hybridized carbons (Fsp3) is 0.500. The monoisotopic (exact) mass is 141 g/mol. The number of carboxylic acid groups (broad SMARTS) is 1. The molecule has 0 aromatic rings. The number of hydrogen-bond donors (Lipinski definition) is 1. The fourth-order valence-electron chi connectivity index (χ4n) is 0.0295. The Labute approximate surface area is 49.9 Å². The molecular weight excluding hydrogens is 138 g/mol. The Morgan fingerprint density at radius 1 is 2.00 bits per heavy atom. The van der Waals surface area contributed by atoms with Gasteiger partial charge in [0.15, 0.2) is 0 Å². The predicted molar refractivity (Wildman–Crippen MR) is 29.2 cm³/mol. The Hall–Kier alpha value is -0.0900. The van der Waals surface area contributed by atoms with Crippen LogP contribution in [-0.2, 0) is 0 Å². The molecule has 1 amide bonds. The van der Waals surface area contributed by atoms with E-state index in [-0.39, 0.29) is 0 Å². The summed E-state index contributed by atoms with van der Waals surface area (Å²) in [6, 6.07) is 0. The highest BCUT2D eigenvalue weighted by Gasteiger charge is 2.01. The molecule has 0 unspecified atom stereocenters. The van der Waals surface area contributed by atoms with E-state index in [1.165, 1.54) is 7.05 Å². The van der Waals surface area contributed by atoms with E-state index in [1.54, 1.807) is 0 Å². The highest BCUT2D eigenvalue weighted by atomic mass is 35.7. The molecule has 42 valence electrons. The van der Waals surface area contributed by atoms with Gasteiger partial charge in [-0.15, -0.1) is 0 Å². The van der Waals surface area contributed by atoms with Crippen LogP contribution >= 0.6 is 21.8 Å². The smallest absolute Gasteiger partial charge is 0.418 e. The number of halogens is 1. The summed E-state index contributed by atoms with van der Waals surface area (Å²) in [6.07, 6.45) is -1.04. The van der Waals surface area contributed by atoms with Gasteiger partial charge in [0.1, 0.15) is 0 Å². The van der Waals surface area contributed by atoms with Crippen LogP contribution in [0.3, 0.4) is 0 Å². The van der Waals surface area contributed by atoms with Crippen molar-refractivity contribution in [3.63, 3.8) is 0 Å². The van der Waals surface area contributed by atoms with E-state index in [9.17, 15) is 4.79 Å². The van der Waals surface area contributed by atoms with Gasteiger partial charge in [0, 0.05) is 7.05 Å². The van der Waals surface area contributed by atoms with Crippen LogP contribution in [0.5, 0.6) is 0 Å². The molecule has 7 heavy (non-hydrogen) atoms. The third-order valence-corrected chi connectivity index (χ3v) is 1.36. The maximum atomic E-state index is 9.75. The minimum absolute atomic E-state index is 0.639. The van der Waals surface area contributed by atoms with Crippen molar-refractivity contribution in [2.24, 2.45) is 0 Å². The van der Waals surface area contributed by atoms with Crippen molar-refractivity contribution >= 4 is 27.9 Å². The highest BCUT2D eigenvalue weighted by Crippen LogP contribution is 2.10. The third kappa shape index (κ3) is 2.59. The number of nitrogens with zero attached hydrogens (tertiary/aromatic N) is 1. The Kier molecular flexibility index (Phi) is 2.95. The van der Waals surface area contributed by atoms with E-state index in [0.717, 1.165) is 4.31 Å². The second-order valence-corrected chi connectivity index (χ2v) is 1.95. The maximum Gasteiger partial charge on any atom is 0.418 e. The molecule has 0 spiro atoms. The van der Waals surface area contributed by atoms with Gasteiger partial charge in [-0.2, -0.15) is 0 Å². The first-order chi connectivity index (χ1) is 3.18. The van der Waals surface area contributed by atoms with Crippen LogP contribution in [0, 0.1) is 0 Å². The summed E-state index contributed by atoms with van der Waals surface area (Å²) in [6.45, 7) is 0. The molecule has 0 aromatic heterocycles. The topological polar surface area (TPSA) is 40.5 Å². The molecular formula is C2H4ClNO2S. The first kappa shape index (κ1) is 6.91. The van der Waals surface area contributed by atoms with Crippen LogP contribution in [0.2, 0.25) is 0 Å². The summed E-state index contributed by atoms with van der Waals surface area (Å²) < 4.78 is 0.890. The van der Waals surface area contributed by atoms with Crippen LogP contribution < -0.4 is 0 Å². The van der Waals surface area contributed by atoms with Gasteiger partial charge in [-0.25, -0.2) is 9.10 Å².